The van der Waals surface area contributed by atoms with Gasteiger partial charge in [0.25, 0.3) is 8.53 Å². The van der Waals surface area contributed by atoms with E-state index in [1.54, 1.807) is 7.11 Å². The van der Waals surface area contributed by atoms with Gasteiger partial charge in [0.2, 0.25) is 0 Å². The van der Waals surface area contributed by atoms with Crippen molar-refractivity contribution in [3.8, 4) is 11.8 Å². The first-order valence-electron chi connectivity index (χ1n) is 13.5. The third-order valence-corrected chi connectivity index (χ3v) is 8.44. The van der Waals surface area contributed by atoms with E-state index in [4.69, 9.17) is 23.8 Å². The summed E-state index contributed by atoms with van der Waals surface area (Å²) in [5.74, 6) is 0.798. The number of hydrogen-bond donors (Lipinski definition) is 0. The number of hydrogen-bond acceptors (Lipinski definition) is 6. The lowest BCUT2D eigenvalue weighted by molar-refractivity contribution is 0.00634. The molecule has 3 rings (SSSR count). The first-order chi connectivity index (χ1) is 18.9. The minimum absolute atomic E-state index is 0.258. The second-order valence-electron chi connectivity index (χ2n) is 9.72. The van der Waals surface area contributed by atoms with Crippen LogP contribution in [-0.2, 0) is 19.4 Å². The van der Waals surface area contributed by atoms with E-state index in [1.807, 2.05) is 48.5 Å². The summed E-state index contributed by atoms with van der Waals surface area (Å²) in [7, 11) is 0.389. The Morgan fingerprint density at radius 1 is 0.744 bits per heavy atom. The number of ether oxygens (including phenoxy) is 2. The van der Waals surface area contributed by atoms with Crippen LogP contribution >= 0.6 is 8.53 Å². The van der Waals surface area contributed by atoms with Gasteiger partial charge in [-0.2, -0.15) is 5.26 Å². The Balaban J connectivity index is 1.83. The molecule has 0 N–H and O–H groups in total. The highest BCUT2D eigenvalue weighted by Gasteiger charge is 2.37. The molecule has 0 amide bonds. The minimum atomic E-state index is -1.28. The van der Waals surface area contributed by atoms with Crippen LogP contribution in [0.4, 0.5) is 0 Å². The molecule has 0 spiro atoms. The van der Waals surface area contributed by atoms with E-state index in [-0.39, 0.29) is 12.1 Å². The molecule has 0 bridgehead atoms. The van der Waals surface area contributed by atoms with Gasteiger partial charge in [0.05, 0.1) is 39.4 Å². The van der Waals surface area contributed by atoms with E-state index >= 15 is 0 Å². The Kier molecular flexibility index (Phi) is 12.4. The van der Waals surface area contributed by atoms with Crippen molar-refractivity contribution in [1.82, 2.24) is 4.67 Å². The van der Waals surface area contributed by atoms with Crippen LogP contribution < -0.4 is 4.74 Å². The molecular formula is C32H41N2O4P. The Labute approximate surface area is 235 Å². The van der Waals surface area contributed by atoms with E-state index in [9.17, 15) is 0 Å². The third kappa shape index (κ3) is 8.11. The maximum atomic E-state index is 8.97. The summed E-state index contributed by atoms with van der Waals surface area (Å²) >= 11 is 0. The predicted octanol–water partition coefficient (Wildman–Crippen LogP) is 7.69. The van der Waals surface area contributed by atoms with Crippen molar-refractivity contribution in [2.75, 3.05) is 26.9 Å². The van der Waals surface area contributed by atoms with Gasteiger partial charge in [0.1, 0.15) is 11.4 Å². The van der Waals surface area contributed by atoms with Gasteiger partial charge in [-0.05, 0) is 62.9 Å². The largest absolute Gasteiger partial charge is 0.497 e. The quantitative estimate of drug-likeness (QED) is 0.104. The van der Waals surface area contributed by atoms with Crippen LogP contribution in [0.3, 0.4) is 0 Å². The van der Waals surface area contributed by atoms with Crippen molar-refractivity contribution in [2.24, 2.45) is 0 Å². The van der Waals surface area contributed by atoms with Crippen molar-refractivity contribution in [3.63, 3.8) is 0 Å². The monoisotopic (exact) mass is 548 g/mol. The van der Waals surface area contributed by atoms with E-state index in [0.717, 1.165) is 22.4 Å². The summed E-state index contributed by atoms with van der Waals surface area (Å²) in [6, 6.07) is 31.4. The standard InChI is InChI=1S/C32H41N2O4P/c1-26(2)34(27(3)4)39(37-24-12-22-33)38-25-13-23-36-32(28-14-8-6-9-15-28,29-16-10-7-11-17-29)30-18-20-31(35-5)21-19-30/h6-11,14-21,26-27H,12-13,23-25H2,1-5H3. The molecule has 7 heteroatoms. The fourth-order valence-corrected chi connectivity index (χ4v) is 6.29. The summed E-state index contributed by atoms with van der Waals surface area (Å²) in [5, 5.41) is 8.97. The van der Waals surface area contributed by atoms with Gasteiger partial charge in [0, 0.05) is 12.1 Å². The molecule has 6 nitrogen and oxygen atoms in total. The molecular weight excluding hydrogens is 507 g/mol. The van der Waals surface area contributed by atoms with Gasteiger partial charge in [0.15, 0.2) is 0 Å². The Hall–Kier alpha value is -2.78. The van der Waals surface area contributed by atoms with Crippen LogP contribution in [0.2, 0.25) is 0 Å². The zero-order valence-corrected chi connectivity index (χ0v) is 24.6. The molecule has 0 fully saturated rings. The van der Waals surface area contributed by atoms with E-state index in [0.29, 0.717) is 32.7 Å². The lowest BCUT2D eigenvalue weighted by atomic mass is 9.80. The molecule has 0 radical (unpaired) electrons. The van der Waals surface area contributed by atoms with Gasteiger partial charge < -0.3 is 18.5 Å². The maximum absolute atomic E-state index is 8.97. The first kappa shape index (κ1) is 30.8. The van der Waals surface area contributed by atoms with E-state index < -0.39 is 14.1 Å². The normalized spacial score (nSPS) is 12.6. The van der Waals surface area contributed by atoms with Crippen LogP contribution in [0.25, 0.3) is 0 Å². The average molecular weight is 549 g/mol. The van der Waals surface area contributed by atoms with Crippen LogP contribution in [0.1, 0.15) is 57.2 Å². The molecule has 0 heterocycles. The minimum Gasteiger partial charge on any atom is -0.497 e. The number of nitriles is 1. The van der Waals surface area contributed by atoms with Crippen molar-refractivity contribution >= 4 is 8.53 Å². The zero-order valence-electron chi connectivity index (χ0n) is 23.7. The molecule has 39 heavy (non-hydrogen) atoms. The smallest absolute Gasteiger partial charge is 0.259 e. The highest BCUT2D eigenvalue weighted by atomic mass is 31.2. The summed E-state index contributed by atoms with van der Waals surface area (Å²) in [4.78, 5) is 0. The predicted molar refractivity (Wildman–Crippen MR) is 157 cm³/mol. The molecule has 0 saturated heterocycles. The summed E-state index contributed by atoms with van der Waals surface area (Å²) in [6.45, 7) is 9.86. The van der Waals surface area contributed by atoms with Crippen LogP contribution in [0, 0.1) is 11.3 Å². The lowest BCUT2D eigenvalue weighted by Gasteiger charge is -2.37. The van der Waals surface area contributed by atoms with Crippen molar-refractivity contribution in [2.45, 2.75) is 58.2 Å². The van der Waals surface area contributed by atoms with Crippen molar-refractivity contribution in [3.05, 3.63) is 102 Å². The second-order valence-corrected chi connectivity index (χ2v) is 11.2. The van der Waals surface area contributed by atoms with E-state index in [1.165, 1.54) is 0 Å². The SMILES string of the molecule is COc1ccc(C(OCCCOP(OCCC#N)N(C(C)C)C(C)C)(c2ccccc2)c2ccccc2)cc1. The summed E-state index contributed by atoms with van der Waals surface area (Å²) < 4.78 is 26.9. The summed E-state index contributed by atoms with van der Waals surface area (Å²) in [6.07, 6.45) is 1.02. The molecule has 3 aromatic rings. The highest BCUT2D eigenvalue weighted by molar-refractivity contribution is 7.44. The van der Waals surface area contributed by atoms with Crippen molar-refractivity contribution in [1.29, 1.82) is 5.26 Å². The maximum Gasteiger partial charge on any atom is 0.259 e. The number of nitrogens with zero attached hydrogens (tertiary/aromatic N) is 2. The molecule has 1 atom stereocenters. The summed E-state index contributed by atoms with van der Waals surface area (Å²) in [5.41, 5.74) is 2.32. The van der Waals surface area contributed by atoms with Crippen LogP contribution in [0.5, 0.6) is 5.75 Å². The van der Waals surface area contributed by atoms with Gasteiger partial charge in [-0.3, -0.25) is 0 Å². The fourth-order valence-electron chi connectivity index (χ4n) is 4.66. The van der Waals surface area contributed by atoms with E-state index in [2.05, 4.69) is 74.8 Å². The fraction of sp³-hybridized carbons (Fsp3) is 0.406. The van der Waals surface area contributed by atoms with Gasteiger partial charge >= 0.3 is 0 Å². The van der Waals surface area contributed by atoms with Crippen LogP contribution in [0.15, 0.2) is 84.9 Å². The Morgan fingerprint density at radius 2 is 1.26 bits per heavy atom. The molecule has 0 aliphatic rings. The average Bonchev–Trinajstić information content (AvgIpc) is 2.95. The molecule has 0 aromatic heterocycles. The second kappa shape index (κ2) is 15.7. The molecule has 208 valence electrons. The number of methoxy groups -OCH3 is 1. The molecule has 3 aromatic carbocycles. The van der Waals surface area contributed by atoms with Crippen LogP contribution in [-0.4, -0.2) is 43.7 Å². The molecule has 0 aliphatic heterocycles. The molecule has 0 saturated carbocycles. The van der Waals surface area contributed by atoms with Gasteiger partial charge in [-0.15, -0.1) is 0 Å². The van der Waals surface area contributed by atoms with Gasteiger partial charge in [-0.1, -0.05) is 72.8 Å². The molecule has 0 aliphatic carbocycles. The third-order valence-electron chi connectivity index (χ3n) is 6.33. The Morgan fingerprint density at radius 3 is 1.74 bits per heavy atom. The van der Waals surface area contributed by atoms with Gasteiger partial charge in [-0.25, -0.2) is 4.67 Å². The molecule has 1 unspecified atom stereocenters. The topological polar surface area (TPSA) is 64.0 Å². The lowest BCUT2D eigenvalue weighted by Crippen LogP contribution is -2.34. The zero-order chi connectivity index (χ0) is 28.1. The Bertz CT molecular complexity index is 1090. The van der Waals surface area contributed by atoms with Crippen molar-refractivity contribution < 1.29 is 18.5 Å². The first-order valence-corrected chi connectivity index (χ1v) is 14.7. The number of benzene rings is 3. The number of rotatable bonds is 16. The highest BCUT2D eigenvalue weighted by Crippen LogP contribution is 2.46.